The number of aromatic nitrogens is 2. The normalized spacial score (nSPS) is 11.0. The Morgan fingerprint density at radius 2 is 2.00 bits per heavy atom. The Labute approximate surface area is 152 Å². The predicted molar refractivity (Wildman–Crippen MR) is 102 cm³/mol. The van der Waals surface area contributed by atoms with Crippen molar-refractivity contribution < 1.29 is 9.21 Å². The number of para-hydroxylation sites is 1. The monoisotopic (exact) mass is 361 g/mol. The molecule has 2 heterocycles. The number of fused-ring (bicyclic) bond motifs is 2. The van der Waals surface area contributed by atoms with Crippen LogP contribution in [0.25, 0.3) is 21.9 Å². The van der Waals surface area contributed by atoms with Crippen LogP contribution in [0.15, 0.2) is 68.9 Å². The number of carbonyl (C=O) groups excluding carboxylic acids is 1. The summed E-state index contributed by atoms with van der Waals surface area (Å²) in [4.78, 5) is 40.4. The second-order valence-electron chi connectivity index (χ2n) is 6.20. The zero-order valence-electron chi connectivity index (χ0n) is 14.4. The molecule has 7 nitrogen and oxygen atoms in total. The van der Waals surface area contributed by atoms with Gasteiger partial charge in [-0.15, -0.1) is 0 Å². The van der Waals surface area contributed by atoms with Gasteiger partial charge in [-0.1, -0.05) is 12.1 Å². The molecule has 2 aromatic heterocycles. The Balaban J connectivity index is 1.58. The summed E-state index contributed by atoms with van der Waals surface area (Å²) in [5.41, 5.74) is 1.82. The van der Waals surface area contributed by atoms with E-state index in [1.165, 1.54) is 17.0 Å². The highest BCUT2D eigenvalue weighted by molar-refractivity contribution is 5.93. The van der Waals surface area contributed by atoms with Gasteiger partial charge in [0.1, 0.15) is 12.1 Å². The molecule has 1 amide bonds. The molecule has 27 heavy (non-hydrogen) atoms. The zero-order chi connectivity index (χ0) is 19.0. The molecular weight excluding hydrogens is 346 g/mol. The Hall–Kier alpha value is -3.74. The second kappa shape index (κ2) is 6.53. The van der Waals surface area contributed by atoms with Crippen LogP contribution in [-0.2, 0) is 11.3 Å². The Morgan fingerprint density at radius 1 is 1.15 bits per heavy atom. The lowest BCUT2D eigenvalue weighted by atomic mass is 10.1. The first-order chi connectivity index (χ1) is 13.0. The molecule has 0 aliphatic rings. The first-order valence-electron chi connectivity index (χ1n) is 8.30. The molecule has 7 heteroatoms. The highest BCUT2D eigenvalue weighted by atomic mass is 16.4. The van der Waals surface area contributed by atoms with Gasteiger partial charge in [-0.2, -0.15) is 0 Å². The minimum Gasteiger partial charge on any atom is -0.423 e. The van der Waals surface area contributed by atoms with E-state index in [-0.39, 0.29) is 18.0 Å². The summed E-state index contributed by atoms with van der Waals surface area (Å²) in [6.07, 6.45) is 1.38. The topological polar surface area (TPSA) is 94.2 Å². The third kappa shape index (κ3) is 3.22. The summed E-state index contributed by atoms with van der Waals surface area (Å²) < 4.78 is 6.34. The average Bonchev–Trinajstić information content (AvgIpc) is 2.65. The lowest BCUT2D eigenvalue weighted by Crippen LogP contribution is -2.28. The third-order valence-corrected chi connectivity index (χ3v) is 4.27. The summed E-state index contributed by atoms with van der Waals surface area (Å²) in [6.45, 7) is 1.73. The molecule has 0 saturated carbocycles. The van der Waals surface area contributed by atoms with Gasteiger partial charge in [-0.3, -0.25) is 14.2 Å². The smallest absolute Gasteiger partial charge is 0.336 e. The molecule has 4 aromatic rings. The fourth-order valence-electron chi connectivity index (χ4n) is 2.95. The van der Waals surface area contributed by atoms with Gasteiger partial charge in [0.25, 0.3) is 5.56 Å². The number of hydrogen-bond donors (Lipinski definition) is 1. The summed E-state index contributed by atoms with van der Waals surface area (Å²) in [6, 6.07) is 13.2. The number of aryl methyl sites for hydroxylation is 1. The number of nitrogens with one attached hydrogen (secondary N) is 1. The van der Waals surface area contributed by atoms with E-state index in [0.29, 0.717) is 27.6 Å². The molecule has 0 spiro atoms. The molecule has 0 bridgehead atoms. The Kier molecular flexibility index (Phi) is 4.04. The van der Waals surface area contributed by atoms with Gasteiger partial charge in [-0.05, 0) is 42.8 Å². The maximum atomic E-state index is 12.6. The van der Waals surface area contributed by atoms with Crippen LogP contribution in [0, 0.1) is 6.92 Å². The minimum atomic E-state index is -0.433. The van der Waals surface area contributed by atoms with Crippen LogP contribution in [0.3, 0.4) is 0 Å². The largest absolute Gasteiger partial charge is 0.423 e. The van der Waals surface area contributed by atoms with Crippen molar-refractivity contribution in [1.29, 1.82) is 0 Å². The van der Waals surface area contributed by atoms with Crippen molar-refractivity contribution in [3.05, 3.63) is 81.2 Å². The fraction of sp³-hybridized carbons (Fsp3) is 0.100. The molecule has 2 aromatic carbocycles. The standard InChI is InChI=1S/C20H15N3O4/c1-12-3-2-4-15-19(12)21-11-23(20(15)26)10-17(24)22-14-6-7-16-13(9-14)5-8-18(25)27-16/h2-9,11H,10H2,1H3,(H,22,24). The molecule has 0 atom stereocenters. The summed E-state index contributed by atoms with van der Waals surface area (Å²) in [7, 11) is 0. The quantitative estimate of drug-likeness (QED) is 0.566. The number of rotatable bonds is 3. The van der Waals surface area contributed by atoms with Gasteiger partial charge in [0.15, 0.2) is 0 Å². The highest BCUT2D eigenvalue weighted by Crippen LogP contribution is 2.17. The minimum absolute atomic E-state index is 0.155. The molecule has 134 valence electrons. The molecular formula is C20H15N3O4. The molecule has 0 saturated heterocycles. The van der Waals surface area contributed by atoms with E-state index in [4.69, 9.17) is 4.42 Å². The van der Waals surface area contributed by atoms with Crippen LogP contribution < -0.4 is 16.5 Å². The highest BCUT2D eigenvalue weighted by Gasteiger charge is 2.10. The fourth-order valence-corrected chi connectivity index (χ4v) is 2.95. The maximum absolute atomic E-state index is 12.6. The molecule has 0 radical (unpaired) electrons. The number of anilines is 1. The van der Waals surface area contributed by atoms with E-state index < -0.39 is 5.63 Å². The number of benzene rings is 2. The maximum Gasteiger partial charge on any atom is 0.336 e. The average molecular weight is 361 g/mol. The van der Waals surface area contributed by atoms with Gasteiger partial charge < -0.3 is 9.73 Å². The third-order valence-electron chi connectivity index (χ3n) is 4.27. The van der Waals surface area contributed by atoms with Crippen molar-refractivity contribution in [1.82, 2.24) is 9.55 Å². The molecule has 1 N–H and O–H groups in total. The van der Waals surface area contributed by atoms with Crippen LogP contribution in [0.2, 0.25) is 0 Å². The SMILES string of the molecule is Cc1cccc2c(=O)n(CC(=O)Nc3ccc4oc(=O)ccc4c3)cnc12. The lowest BCUT2D eigenvalue weighted by molar-refractivity contribution is -0.116. The molecule has 0 aliphatic carbocycles. The van der Waals surface area contributed by atoms with Crippen molar-refractivity contribution in [2.75, 3.05) is 5.32 Å². The molecule has 0 unspecified atom stereocenters. The van der Waals surface area contributed by atoms with Crippen LogP contribution >= 0.6 is 0 Å². The van der Waals surface area contributed by atoms with Crippen molar-refractivity contribution in [2.45, 2.75) is 13.5 Å². The van der Waals surface area contributed by atoms with Gasteiger partial charge in [0, 0.05) is 17.1 Å². The number of nitrogens with zero attached hydrogens (tertiary/aromatic N) is 2. The van der Waals surface area contributed by atoms with E-state index in [1.807, 2.05) is 13.0 Å². The van der Waals surface area contributed by atoms with E-state index in [1.54, 1.807) is 36.4 Å². The van der Waals surface area contributed by atoms with E-state index in [9.17, 15) is 14.4 Å². The van der Waals surface area contributed by atoms with E-state index >= 15 is 0 Å². The molecule has 0 fully saturated rings. The lowest BCUT2D eigenvalue weighted by Gasteiger charge is -2.09. The summed E-state index contributed by atoms with van der Waals surface area (Å²) in [5, 5.41) is 3.90. The van der Waals surface area contributed by atoms with Crippen LogP contribution in [-0.4, -0.2) is 15.5 Å². The number of amides is 1. The zero-order valence-corrected chi connectivity index (χ0v) is 14.4. The van der Waals surface area contributed by atoms with Crippen molar-refractivity contribution in [2.24, 2.45) is 0 Å². The van der Waals surface area contributed by atoms with Crippen LogP contribution in [0.1, 0.15) is 5.56 Å². The van der Waals surface area contributed by atoms with Crippen molar-refractivity contribution >= 4 is 33.5 Å². The first-order valence-corrected chi connectivity index (χ1v) is 8.30. The number of carbonyl (C=O) groups is 1. The summed E-state index contributed by atoms with van der Waals surface area (Å²) >= 11 is 0. The van der Waals surface area contributed by atoms with Gasteiger partial charge >= 0.3 is 5.63 Å². The van der Waals surface area contributed by atoms with E-state index in [0.717, 1.165) is 5.56 Å². The van der Waals surface area contributed by atoms with Crippen LogP contribution in [0.5, 0.6) is 0 Å². The Morgan fingerprint density at radius 3 is 2.85 bits per heavy atom. The van der Waals surface area contributed by atoms with Crippen molar-refractivity contribution in [3.63, 3.8) is 0 Å². The van der Waals surface area contributed by atoms with Gasteiger partial charge in [-0.25, -0.2) is 9.78 Å². The molecule has 4 rings (SSSR count). The Bertz CT molecular complexity index is 1300. The molecule has 0 aliphatic heterocycles. The van der Waals surface area contributed by atoms with Crippen molar-refractivity contribution in [3.8, 4) is 0 Å². The number of hydrogen-bond acceptors (Lipinski definition) is 5. The predicted octanol–water partition coefficient (Wildman–Crippen LogP) is 2.45. The van der Waals surface area contributed by atoms with Gasteiger partial charge in [0.2, 0.25) is 5.91 Å². The summed E-state index contributed by atoms with van der Waals surface area (Å²) in [5.74, 6) is -0.359. The second-order valence-corrected chi connectivity index (χ2v) is 6.20. The first kappa shape index (κ1) is 16.7. The van der Waals surface area contributed by atoms with Gasteiger partial charge in [0.05, 0.1) is 17.2 Å². The van der Waals surface area contributed by atoms with Crippen LogP contribution in [0.4, 0.5) is 5.69 Å². The van der Waals surface area contributed by atoms with E-state index in [2.05, 4.69) is 10.3 Å².